The number of rotatable bonds is 7. The highest BCUT2D eigenvalue weighted by Gasteiger charge is 2.69. The number of carbonyl (C=O) groups excluding carboxylic acids is 3. The fraction of sp³-hybridized carbons (Fsp3) is 0.839. The first kappa shape index (κ1) is 26.3. The average molecular weight is 525 g/mol. The lowest BCUT2D eigenvalue weighted by molar-refractivity contribution is -0.144. The number of ketones is 1. The van der Waals surface area contributed by atoms with Crippen LogP contribution in [-0.4, -0.2) is 53.7 Å². The molecule has 2 amide bonds. The molecule has 5 fully saturated rings. The summed E-state index contributed by atoms with van der Waals surface area (Å²) in [5.41, 5.74) is 7.66. The van der Waals surface area contributed by atoms with Crippen molar-refractivity contribution in [1.29, 1.82) is 0 Å². The Morgan fingerprint density at radius 3 is 2.37 bits per heavy atom. The Balaban J connectivity index is 1.19. The van der Waals surface area contributed by atoms with Gasteiger partial charge in [0.1, 0.15) is 6.04 Å². The van der Waals surface area contributed by atoms with Crippen LogP contribution in [0.15, 0.2) is 11.3 Å². The van der Waals surface area contributed by atoms with Gasteiger partial charge in [-0.1, -0.05) is 52.4 Å². The van der Waals surface area contributed by atoms with Crippen LogP contribution in [0.3, 0.4) is 0 Å². The third kappa shape index (κ3) is 4.61. The van der Waals surface area contributed by atoms with E-state index >= 15 is 0 Å². The van der Waals surface area contributed by atoms with Gasteiger partial charge in [0.25, 0.3) is 0 Å². The van der Waals surface area contributed by atoms with Crippen LogP contribution < -0.4 is 16.4 Å². The van der Waals surface area contributed by atoms with Gasteiger partial charge in [0.05, 0.1) is 17.8 Å². The Kier molecular flexibility index (Phi) is 7.11. The number of hydrogen-bond donors (Lipinski definition) is 3. The second-order valence-corrected chi connectivity index (χ2v) is 14.0. The van der Waals surface area contributed by atoms with Crippen molar-refractivity contribution in [2.75, 3.05) is 13.1 Å². The molecular formula is C31H48N4O3. The Bertz CT molecular complexity index is 993. The maximum Gasteiger partial charge on any atom is 0.243 e. The molecule has 5 unspecified atom stereocenters. The van der Waals surface area contributed by atoms with E-state index < -0.39 is 12.1 Å². The van der Waals surface area contributed by atoms with E-state index in [1.165, 1.54) is 51.4 Å². The smallest absolute Gasteiger partial charge is 0.243 e. The first-order chi connectivity index (χ1) is 18.3. The summed E-state index contributed by atoms with van der Waals surface area (Å²) in [4.78, 5) is 43.1. The van der Waals surface area contributed by atoms with Gasteiger partial charge < -0.3 is 21.3 Å². The molecule has 0 radical (unpaired) electrons. The van der Waals surface area contributed by atoms with E-state index in [-0.39, 0.29) is 35.0 Å². The zero-order valence-electron chi connectivity index (χ0n) is 23.5. The normalized spacial score (nSPS) is 35.8. The van der Waals surface area contributed by atoms with Gasteiger partial charge in [-0.25, -0.2) is 0 Å². The molecule has 0 spiro atoms. The third-order valence-electron chi connectivity index (χ3n) is 11.5. The van der Waals surface area contributed by atoms with Crippen LogP contribution in [-0.2, 0) is 14.4 Å². The molecule has 1 aliphatic heterocycles. The molecule has 38 heavy (non-hydrogen) atoms. The molecule has 210 valence electrons. The highest BCUT2D eigenvalue weighted by Crippen LogP contribution is 2.65. The van der Waals surface area contributed by atoms with Crippen molar-refractivity contribution >= 4 is 17.6 Å². The standard InChI is InChI=1S/C31H48N4O3/c1-31(2)22-17-35(27(24(22)31)29(37)34-23-15-20-13-14-21(20)25(32)28(23)36)30(38)26(19-11-7-4-8-12-19)33-16-18-9-5-3-6-10-18/h18-20,22-24,26-27,33H,3-17,32H2,1-2H3,(H,34,37)/t20?,22?,23?,24-,26?,27?/m0/s1. The van der Waals surface area contributed by atoms with Crippen LogP contribution in [0.4, 0.5) is 0 Å². The third-order valence-corrected chi connectivity index (χ3v) is 11.5. The number of piperidine rings is 1. The van der Waals surface area contributed by atoms with E-state index in [4.69, 9.17) is 5.73 Å². The van der Waals surface area contributed by atoms with Crippen molar-refractivity contribution < 1.29 is 14.4 Å². The number of carbonyl (C=O) groups is 3. The quantitative estimate of drug-likeness (QED) is 0.471. The molecule has 1 heterocycles. The van der Waals surface area contributed by atoms with Gasteiger partial charge in [-0.2, -0.15) is 0 Å². The minimum absolute atomic E-state index is 0.0469. The summed E-state index contributed by atoms with van der Waals surface area (Å²) in [6.07, 6.45) is 14.8. The van der Waals surface area contributed by atoms with Crippen LogP contribution in [0, 0.1) is 35.0 Å². The predicted octanol–water partition coefficient (Wildman–Crippen LogP) is 3.67. The predicted molar refractivity (Wildman–Crippen MR) is 147 cm³/mol. The molecule has 4 N–H and O–H groups in total. The average Bonchev–Trinajstić information content (AvgIpc) is 3.23. The van der Waals surface area contributed by atoms with E-state index in [9.17, 15) is 14.4 Å². The largest absolute Gasteiger partial charge is 0.396 e. The number of fused-ring (bicyclic) bond motifs is 2. The molecule has 0 aromatic heterocycles. The fourth-order valence-corrected chi connectivity index (χ4v) is 8.83. The van der Waals surface area contributed by atoms with E-state index in [1.807, 2.05) is 4.90 Å². The monoisotopic (exact) mass is 524 g/mol. The lowest BCUT2D eigenvalue weighted by Gasteiger charge is -2.40. The summed E-state index contributed by atoms with van der Waals surface area (Å²) in [7, 11) is 0. The molecule has 7 nitrogen and oxygen atoms in total. The van der Waals surface area contributed by atoms with Crippen molar-refractivity contribution in [2.24, 2.45) is 40.7 Å². The minimum Gasteiger partial charge on any atom is -0.396 e. The van der Waals surface area contributed by atoms with E-state index in [0.29, 0.717) is 42.3 Å². The highest BCUT2D eigenvalue weighted by molar-refractivity contribution is 6.03. The Hall–Kier alpha value is -1.89. The van der Waals surface area contributed by atoms with Gasteiger partial charge in [0.2, 0.25) is 17.6 Å². The van der Waals surface area contributed by atoms with E-state index in [2.05, 4.69) is 24.5 Å². The first-order valence-electron chi connectivity index (χ1n) is 15.6. The number of amides is 2. The first-order valence-corrected chi connectivity index (χ1v) is 15.6. The number of nitrogens with two attached hydrogens (primary N) is 1. The van der Waals surface area contributed by atoms with Gasteiger partial charge in [-0.05, 0) is 92.1 Å². The maximum atomic E-state index is 14.3. The fourth-order valence-electron chi connectivity index (χ4n) is 8.83. The van der Waals surface area contributed by atoms with Gasteiger partial charge in [-0.15, -0.1) is 0 Å². The van der Waals surface area contributed by atoms with Gasteiger partial charge >= 0.3 is 0 Å². The number of Topliss-reactive ketones (excluding diaryl/α,β-unsaturated/α-hetero) is 1. The molecule has 0 aromatic carbocycles. The van der Waals surface area contributed by atoms with Crippen molar-refractivity contribution in [2.45, 2.75) is 115 Å². The second kappa shape index (κ2) is 10.3. The Morgan fingerprint density at radius 2 is 1.71 bits per heavy atom. The summed E-state index contributed by atoms with van der Waals surface area (Å²) in [6, 6.07) is -1.26. The lowest BCUT2D eigenvalue weighted by atomic mass is 9.69. The minimum atomic E-state index is -0.562. The van der Waals surface area contributed by atoms with Crippen LogP contribution >= 0.6 is 0 Å². The highest BCUT2D eigenvalue weighted by atomic mass is 16.2. The number of allylic oxidation sites excluding steroid dienone is 1. The van der Waals surface area contributed by atoms with Gasteiger partial charge in [0.15, 0.2) is 0 Å². The number of nitrogens with one attached hydrogen (secondary N) is 2. The zero-order chi connectivity index (χ0) is 26.6. The molecule has 4 saturated carbocycles. The summed E-state index contributed by atoms with van der Waals surface area (Å²) in [6.45, 7) is 5.99. The molecule has 1 saturated heterocycles. The Morgan fingerprint density at radius 1 is 1.03 bits per heavy atom. The number of nitrogens with zero attached hydrogens (tertiary/aromatic N) is 1. The molecule has 0 bridgehead atoms. The number of hydrogen-bond acceptors (Lipinski definition) is 5. The second-order valence-electron chi connectivity index (χ2n) is 14.0. The van der Waals surface area contributed by atoms with Crippen molar-refractivity contribution in [3.8, 4) is 0 Å². The summed E-state index contributed by atoms with van der Waals surface area (Å²) in [5.74, 6) is 1.65. The van der Waals surface area contributed by atoms with E-state index in [1.54, 1.807) is 0 Å². The molecule has 7 heteroatoms. The van der Waals surface area contributed by atoms with E-state index in [0.717, 1.165) is 37.8 Å². The number of likely N-dealkylation sites (tertiary alicyclic amines) is 1. The van der Waals surface area contributed by atoms with Crippen LogP contribution in [0.5, 0.6) is 0 Å². The van der Waals surface area contributed by atoms with Crippen LogP contribution in [0.1, 0.15) is 97.3 Å². The van der Waals surface area contributed by atoms with Crippen LogP contribution in [0.25, 0.3) is 0 Å². The zero-order valence-corrected chi connectivity index (χ0v) is 23.5. The SMILES string of the molecule is CC1(C)C2CN(C(=O)C(NCC3CCCCC3)C3CCCCC3)C(C(=O)NC3CC4CCC4=C(N)C3=O)[C@H]21. The molecule has 6 rings (SSSR count). The maximum absolute atomic E-state index is 14.3. The molecule has 6 aliphatic rings. The van der Waals surface area contributed by atoms with Crippen molar-refractivity contribution in [3.63, 3.8) is 0 Å². The van der Waals surface area contributed by atoms with Crippen molar-refractivity contribution in [3.05, 3.63) is 11.3 Å². The molecule has 0 aromatic rings. The Labute approximate surface area is 228 Å². The molecule has 6 atom stereocenters. The summed E-state index contributed by atoms with van der Waals surface area (Å²) < 4.78 is 0. The summed E-state index contributed by atoms with van der Waals surface area (Å²) in [5, 5.41) is 6.85. The van der Waals surface area contributed by atoms with Gasteiger partial charge in [0, 0.05) is 6.54 Å². The topological polar surface area (TPSA) is 105 Å². The molecule has 5 aliphatic carbocycles. The van der Waals surface area contributed by atoms with Crippen LogP contribution in [0.2, 0.25) is 0 Å². The molecular weight excluding hydrogens is 476 g/mol. The summed E-state index contributed by atoms with van der Waals surface area (Å²) >= 11 is 0. The van der Waals surface area contributed by atoms with Crippen molar-refractivity contribution in [1.82, 2.24) is 15.5 Å². The van der Waals surface area contributed by atoms with Gasteiger partial charge in [-0.3, -0.25) is 14.4 Å². The lowest BCUT2D eigenvalue weighted by Crippen LogP contribution is -2.59.